The van der Waals surface area contributed by atoms with Crippen molar-refractivity contribution in [2.24, 2.45) is 11.8 Å². The topological polar surface area (TPSA) is 66.5 Å². The number of piperidine rings is 1. The zero-order valence-electron chi connectivity index (χ0n) is 15.5. The number of amides is 2. The standard InChI is InChI=1S/C21H28N2O3/c1-15(24)18-8-5-9-19(14-18)22-20(25)16-10-12-23(13-11-16)21(26)17-6-3-2-4-7-17/h5,8-9,14,16-17H,2-4,6-7,10-13H2,1H3,(H,22,25). The summed E-state index contributed by atoms with van der Waals surface area (Å²) in [6, 6.07) is 7.03. The van der Waals surface area contributed by atoms with Crippen LogP contribution in [0.2, 0.25) is 0 Å². The predicted molar refractivity (Wildman–Crippen MR) is 101 cm³/mol. The van der Waals surface area contributed by atoms with Gasteiger partial charge in [0.25, 0.3) is 0 Å². The lowest BCUT2D eigenvalue weighted by atomic mass is 9.87. The summed E-state index contributed by atoms with van der Waals surface area (Å²) in [7, 11) is 0. The number of nitrogens with zero attached hydrogens (tertiary/aromatic N) is 1. The molecule has 0 radical (unpaired) electrons. The molecule has 2 fully saturated rings. The summed E-state index contributed by atoms with van der Waals surface area (Å²) in [5.74, 6) is 0.374. The highest BCUT2D eigenvalue weighted by molar-refractivity contribution is 5.97. The molecule has 1 aliphatic carbocycles. The summed E-state index contributed by atoms with van der Waals surface area (Å²) in [6.45, 7) is 2.85. The van der Waals surface area contributed by atoms with E-state index < -0.39 is 0 Å². The summed E-state index contributed by atoms with van der Waals surface area (Å²) in [4.78, 5) is 38.6. The van der Waals surface area contributed by atoms with Crippen molar-refractivity contribution in [1.82, 2.24) is 4.90 Å². The number of carbonyl (C=O) groups is 3. The Bertz CT molecular complexity index is 672. The van der Waals surface area contributed by atoms with Crippen LogP contribution in [0.25, 0.3) is 0 Å². The van der Waals surface area contributed by atoms with E-state index in [1.165, 1.54) is 13.3 Å². The Labute approximate surface area is 155 Å². The zero-order chi connectivity index (χ0) is 18.5. The molecule has 0 aromatic heterocycles. The van der Waals surface area contributed by atoms with Gasteiger partial charge < -0.3 is 10.2 Å². The Morgan fingerprint density at radius 2 is 1.65 bits per heavy atom. The largest absolute Gasteiger partial charge is 0.342 e. The molecule has 26 heavy (non-hydrogen) atoms. The normalized spacial score (nSPS) is 19.2. The van der Waals surface area contributed by atoms with Crippen LogP contribution >= 0.6 is 0 Å². The van der Waals surface area contributed by atoms with Gasteiger partial charge in [-0.15, -0.1) is 0 Å². The first kappa shape index (κ1) is 18.6. The maximum Gasteiger partial charge on any atom is 0.227 e. The van der Waals surface area contributed by atoms with E-state index in [0.717, 1.165) is 25.7 Å². The van der Waals surface area contributed by atoms with Crippen molar-refractivity contribution >= 4 is 23.3 Å². The average molecular weight is 356 g/mol. The minimum absolute atomic E-state index is 0.0179. The van der Waals surface area contributed by atoms with Gasteiger partial charge in [0.2, 0.25) is 11.8 Å². The van der Waals surface area contributed by atoms with Crippen molar-refractivity contribution < 1.29 is 14.4 Å². The first-order valence-electron chi connectivity index (χ1n) is 9.75. The smallest absolute Gasteiger partial charge is 0.227 e. The number of carbonyl (C=O) groups excluding carboxylic acids is 3. The lowest BCUT2D eigenvalue weighted by Crippen LogP contribution is -2.44. The molecular formula is C21H28N2O3. The van der Waals surface area contributed by atoms with Gasteiger partial charge in [-0.3, -0.25) is 14.4 Å². The highest BCUT2D eigenvalue weighted by atomic mass is 16.2. The molecule has 1 heterocycles. The number of hydrogen-bond acceptors (Lipinski definition) is 3. The van der Waals surface area contributed by atoms with Crippen LogP contribution in [0.1, 0.15) is 62.2 Å². The molecule has 5 nitrogen and oxygen atoms in total. The van der Waals surface area contributed by atoms with Crippen LogP contribution in [0.3, 0.4) is 0 Å². The van der Waals surface area contributed by atoms with Crippen LogP contribution in [0.5, 0.6) is 0 Å². The summed E-state index contributed by atoms with van der Waals surface area (Å²) in [6.07, 6.45) is 7.02. The third-order valence-corrected chi connectivity index (χ3v) is 5.67. The molecule has 1 aliphatic heterocycles. The van der Waals surface area contributed by atoms with Gasteiger partial charge in [-0.1, -0.05) is 31.4 Å². The van der Waals surface area contributed by atoms with Gasteiger partial charge in [0, 0.05) is 36.2 Å². The van der Waals surface area contributed by atoms with Gasteiger partial charge in [0.15, 0.2) is 5.78 Å². The number of rotatable bonds is 4. The molecule has 1 saturated heterocycles. The molecule has 1 N–H and O–H groups in total. The van der Waals surface area contributed by atoms with Gasteiger partial charge in [0.05, 0.1) is 0 Å². The van der Waals surface area contributed by atoms with Gasteiger partial charge in [0.1, 0.15) is 0 Å². The van der Waals surface area contributed by atoms with Gasteiger partial charge in [-0.25, -0.2) is 0 Å². The fourth-order valence-corrected chi connectivity index (χ4v) is 4.03. The number of nitrogens with one attached hydrogen (secondary N) is 1. The molecule has 140 valence electrons. The molecule has 1 saturated carbocycles. The quantitative estimate of drug-likeness (QED) is 0.838. The minimum atomic E-state index is -0.0774. The van der Waals surface area contributed by atoms with E-state index in [9.17, 15) is 14.4 Å². The van der Waals surface area contributed by atoms with Gasteiger partial charge in [-0.2, -0.15) is 0 Å². The molecular weight excluding hydrogens is 328 g/mol. The van der Waals surface area contributed by atoms with E-state index >= 15 is 0 Å². The number of anilines is 1. The monoisotopic (exact) mass is 356 g/mol. The Kier molecular flexibility index (Phi) is 6.07. The number of ketones is 1. The maximum atomic E-state index is 12.6. The van der Waals surface area contributed by atoms with Crippen LogP contribution in [0.15, 0.2) is 24.3 Å². The number of Topliss-reactive ketones (excluding diaryl/α,β-unsaturated/α-hetero) is 1. The third-order valence-electron chi connectivity index (χ3n) is 5.67. The summed E-state index contributed by atoms with van der Waals surface area (Å²) in [5.41, 5.74) is 1.25. The predicted octanol–water partition coefficient (Wildman–Crippen LogP) is 3.65. The van der Waals surface area contributed by atoms with E-state index in [-0.39, 0.29) is 29.4 Å². The Balaban J connectivity index is 1.51. The van der Waals surface area contributed by atoms with Crippen LogP contribution in [-0.4, -0.2) is 35.6 Å². The zero-order valence-corrected chi connectivity index (χ0v) is 15.5. The summed E-state index contributed by atoms with van der Waals surface area (Å²) < 4.78 is 0. The molecule has 0 unspecified atom stereocenters. The number of benzene rings is 1. The molecule has 0 spiro atoms. The summed E-state index contributed by atoms with van der Waals surface area (Å²) in [5, 5.41) is 2.92. The molecule has 2 amide bonds. The third kappa shape index (κ3) is 4.51. The lowest BCUT2D eigenvalue weighted by molar-refractivity contribution is -0.139. The van der Waals surface area contributed by atoms with Crippen LogP contribution in [0, 0.1) is 11.8 Å². The van der Waals surface area contributed by atoms with E-state index in [4.69, 9.17) is 0 Å². The van der Waals surface area contributed by atoms with Crippen molar-refractivity contribution in [1.29, 1.82) is 0 Å². The second-order valence-corrected chi connectivity index (χ2v) is 7.56. The van der Waals surface area contributed by atoms with Crippen LogP contribution in [0.4, 0.5) is 5.69 Å². The van der Waals surface area contributed by atoms with Gasteiger partial charge >= 0.3 is 0 Å². The highest BCUT2D eigenvalue weighted by Gasteiger charge is 2.31. The van der Waals surface area contributed by atoms with E-state index in [1.807, 2.05) is 4.90 Å². The maximum absolute atomic E-state index is 12.6. The fraction of sp³-hybridized carbons (Fsp3) is 0.571. The van der Waals surface area contributed by atoms with Crippen molar-refractivity contribution in [3.8, 4) is 0 Å². The lowest BCUT2D eigenvalue weighted by Gasteiger charge is -2.34. The molecule has 1 aromatic rings. The number of likely N-dealkylation sites (tertiary alicyclic amines) is 1. The Morgan fingerprint density at radius 1 is 0.962 bits per heavy atom. The van der Waals surface area contributed by atoms with Crippen LogP contribution in [-0.2, 0) is 9.59 Å². The molecule has 1 aromatic carbocycles. The van der Waals surface area contributed by atoms with Crippen molar-refractivity contribution in [2.45, 2.75) is 51.9 Å². The molecule has 2 aliphatic rings. The van der Waals surface area contributed by atoms with Gasteiger partial charge in [-0.05, 0) is 44.7 Å². The van der Waals surface area contributed by atoms with Crippen molar-refractivity contribution in [2.75, 3.05) is 18.4 Å². The van der Waals surface area contributed by atoms with Crippen LogP contribution < -0.4 is 5.32 Å². The summed E-state index contributed by atoms with van der Waals surface area (Å²) >= 11 is 0. The van der Waals surface area contributed by atoms with E-state index in [1.54, 1.807) is 24.3 Å². The molecule has 0 atom stereocenters. The minimum Gasteiger partial charge on any atom is -0.342 e. The SMILES string of the molecule is CC(=O)c1cccc(NC(=O)C2CCN(C(=O)C3CCCCC3)CC2)c1. The average Bonchev–Trinajstić information content (AvgIpc) is 2.68. The fourth-order valence-electron chi connectivity index (χ4n) is 4.03. The molecule has 3 rings (SSSR count). The highest BCUT2D eigenvalue weighted by Crippen LogP contribution is 2.28. The van der Waals surface area contributed by atoms with E-state index in [0.29, 0.717) is 37.2 Å². The van der Waals surface area contributed by atoms with Crippen molar-refractivity contribution in [3.05, 3.63) is 29.8 Å². The second kappa shape index (κ2) is 8.47. The van der Waals surface area contributed by atoms with Crippen molar-refractivity contribution in [3.63, 3.8) is 0 Å². The Morgan fingerprint density at radius 3 is 2.31 bits per heavy atom. The van der Waals surface area contributed by atoms with E-state index in [2.05, 4.69) is 5.32 Å². The second-order valence-electron chi connectivity index (χ2n) is 7.56. The molecule has 5 heteroatoms. The Hall–Kier alpha value is -2.17. The number of hydrogen-bond donors (Lipinski definition) is 1. The first-order valence-corrected chi connectivity index (χ1v) is 9.75. The first-order chi connectivity index (χ1) is 12.5. The molecule has 0 bridgehead atoms.